The number of alkyl halides is 3. The van der Waals surface area contributed by atoms with E-state index in [-0.39, 0.29) is 40.2 Å². The number of nitrogen functional groups attached to an aromatic ring is 1. The highest BCUT2D eigenvalue weighted by Crippen LogP contribution is 2.52. The van der Waals surface area contributed by atoms with Crippen LogP contribution >= 0.6 is 11.6 Å². The minimum Gasteiger partial charge on any atom is -0.497 e. The number of nitrogens with zero attached hydrogens (tertiary/aromatic N) is 6. The Hall–Kier alpha value is -5.82. The van der Waals surface area contributed by atoms with E-state index in [1.165, 1.54) is 19.3 Å². The number of aromatic nitrogens is 4. The van der Waals surface area contributed by atoms with Crippen molar-refractivity contribution in [3.05, 3.63) is 118 Å². The second-order valence-corrected chi connectivity index (χ2v) is 14.4. The van der Waals surface area contributed by atoms with Crippen molar-refractivity contribution in [1.82, 2.24) is 19.9 Å². The van der Waals surface area contributed by atoms with E-state index < -0.39 is 11.7 Å². The first-order valence-corrected chi connectivity index (χ1v) is 18.6. The molecule has 6 aromatic rings. The van der Waals surface area contributed by atoms with E-state index in [1.54, 1.807) is 26.5 Å². The zero-order valence-corrected chi connectivity index (χ0v) is 31.7. The average molecular weight is 782 g/mol. The van der Waals surface area contributed by atoms with Crippen LogP contribution in [-0.2, 0) is 19.3 Å². The molecule has 3 aromatic carbocycles. The fraction of sp³-hybridized carbons (Fsp3) is 0.286. The van der Waals surface area contributed by atoms with Gasteiger partial charge in [-0.25, -0.2) is 19.9 Å². The summed E-state index contributed by atoms with van der Waals surface area (Å²) in [5, 5.41) is 0.500. The van der Waals surface area contributed by atoms with Gasteiger partial charge in [-0.2, -0.15) is 13.2 Å². The average Bonchev–Trinajstić information content (AvgIpc) is 4.05. The van der Waals surface area contributed by atoms with Gasteiger partial charge in [0.2, 0.25) is 0 Å². The summed E-state index contributed by atoms with van der Waals surface area (Å²) in [5.41, 5.74) is 8.29. The van der Waals surface area contributed by atoms with Gasteiger partial charge in [0, 0.05) is 30.4 Å². The Morgan fingerprint density at radius 3 is 2.20 bits per heavy atom. The van der Waals surface area contributed by atoms with E-state index in [9.17, 15) is 0 Å². The van der Waals surface area contributed by atoms with Crippen molar-refractivity contribution >= 4 is 40.0 Å². The Labute approximate surface area is 327 Å². The molecule has 1 aliphatic carbocycles. The lowest BCUT2D eigenvalue weighted by molar-refractivity contribution is -0.137. The van der Waals surface area contributed by atoms with Gasteiger partial charge in [0.25, 0.3) is 0 Å². The van der Waals surface area contributed by atoms with Gasteiger partial charge in [-0.15, -0.1) is 0 Å². The number of hydrogen-bond donors (Lipinski definition) is 1. The lowest BCUT2D eigenvalue weighted by Gasteiger charge is -2.33. The van der Waals surface area contributed by atoms with Gasteiger partial charge in [-0.3, -0.25) is 0 Å². The third-order valence-corrected chi connectivity index (χ3v) is 10.8. The SMILES string of the molecule is COc1ccc(CN(Cc2ccc(OC)cc2)c2cc(C)c(C(F)(F)F)c(-c3cc4ncnc5c4c(c3Cl)OCCN5C(c3cccnc3N)C3CC3)n2)cc1. The summed E-state index contributed by atoms with van der Waals surface area (Å²) in [4.78, 5) is 22.5. The van der Waals surface area contributed by atoms with E-state index in [1.807, 2.05) is 65.6 Å². The molecule has 8 rings (SSSR count). The monoisotopic (exact) mass is 781 g/mol. The maximum absolute atomic E-state index is 15.1. The van der Waals surface area contributed by atoms with Crippen LogP contribution in [-0.4, -0.2) is 47.3 Å². The fourth-order valence-corrected chi connectivity index (χ4v) is 7.85. The number of anilines is 3. The van der Waals surface area contributed by atoms with Crippen LogP contribution in [0.2, 0.25) is 5.02 Å². The van der Waals surface area contributed by atoms with Crippen molar-refractivity contribution in [3.8, 4) is 28.5 Å². The van der Waals surface area contributed by atoms with Gasteiger partial charge in [0.05, 0.1) is 54.0 Å². The second-order valence-electron chi connectivity index (χ2n) is 14.0. The number of ether oxygens (including phenoxy) is 3. The molecule has 4 heterocycles. The highest BCUT2D eigenvalue weighted by Gasteiger charge is 2.41. The molecule has 2 aliphatic rings. The number of nitrogens with two attached hydrogens (primary N) is 1. The smallest absolute Gasteiger partial charge is 0.418 e. The Morgan fingerprint density at radius 2 is 1.61 bits per heavy atom. The van der Waals surface area contributed by atoms with Crippen molar-refractivity contribution in [3.63, 3.8) is 0 Å². The molecule has 10 nitrogen and oxygen atoms in total. The van der Waals surface area contributed by atoms with Gasteiger partial charge >= 0.3 is 6.18 Å². The number of benzene rings is 3. The van der Waals surface area contributed by atoms with Crippen LogP contribution in [0.3, 0.4) is 0 Å². The summed E-state index contributed by atoms with van der Waals surface area (Å²) in [5.74, 6) is 3.22. The minimum absolute atomic E-state index is 0.00852. The Balaban J connectivity index is 1.28. The van der Waals surface area contributed by atoms with Crippen LogP contribution in [0.5, 0.6) is 17.2 Å². The molecule has 2 N–H and O–H groups in total. The molecule has 56 heavy (non-hydrogen) atoms. The molecular formula is C42H39ClF3N7O3. The van der Waals surface area contributed by atoms with E-state index in [0.717, 1.165) is 29.5 Å². The molecule has 1 aliphatic heterocycles. The quantitative estimate of drug-likeness (QED) is 0.137. The predicted octanol–water partition coefficient (Wildman–Crippen LogP) is 9.22. The van der Waals surface area contributed by atoms with Gasteiger partial charge in [0.1, 0.15) is 41.9 Å². The van der Waals surface area contributed by atoms with Crippen molar-refractivity contribution in [1.29, 1.82) is 0 Å². The van der Waals surface area contributed by atoms with Crippen molar-refractivity contribution in [2.24, 2.45) is 5.92 Å². The number of rotatable bonds is 11. The first-order chi connectivity index (χ1) is 27.0. The lowest BCUT2D eigenvalue weighted by atomic mass is 9.98. The number of halogens is 4. The first kappa shape index (κ1) is 37.1. The Morgan fingerprint density at radius 1 is 0.946 bits per heavy atom. The van der Waals surface area contributed by atoms with E-state index in [4.69, 9.17) is 41.5 Å². The molecular weight excluding hydrogens is 743 g/mol. The molecule has 1 atom stereocenters. The molecule has 1 saturated carbocycles. The number of hydrogen-bond acceptors (Lipinski definition) is 10. The molecule has 0 amide bonds. The third kappa shape index (κ3) is 7.18. The zero-order chi connectivity index (χ0) is 39.1. The zero-order valence-electron chi connectivity index (χ0n) is 31.0. The van der Waals surface area contributed by atoms with Gasteiger partial charge < -0.3 is 29.7 Å². The minimum atomic E-state index is -4.76. The van der Waals surface area contributed by atoms with Crippen molar-refractivity contribution in [2.75, 3.05) is 42.9 Å². The van der Waals surface area contributed by atoms with Crippen LogP contribution in [0.25, 0.3) is 22.2 Å². The number of pyridine rings is 2. The van der Waals surface area contributed by atoms with Crippen LogP contribution in [0.15, 0.2) is 85.3 Å². The Bertz CT molecular complexity index is 2340. The summed E-state index contributed by atoms with van der Waals surface area (Å²) < 4.78 is 62.5. The van der Waals surface area contributed by atoms with Crippen molar-refractivity contribution < 1.29 is 27.4 Å². The fourth-order valence-electron chi connectivity index (χ4n) is 7.56. The number of aryl methyl sites for hydroxylation is 1. The van der Waals surface area contributed by atoms with Gasteiger partial charge in [-0.1, -0.05) is 41.9 Å². The van der Waals surface area contributed by atoms with Crippen LogP contribution < -0.4 is 29.7 Å². The highest BCUT2D eigenvalue weighted by molar-refractivity contribution is 6.36. The summed E-state index contributed by atoms with van der Waals surface area (Å²) in [6, 6.07) is 21.8. The highest BCUT2D eigenvalue weighted by atomic mass is 35.5. The normalized spacial score (nSPS) is 14.6. The maximum atomic E-state index is 15.1. The first-order valence-electron chi connectivity index (χ1n) is 18.2. The van der Waals surface area contributed by atoms with Gasteiger partial charge in [-0.05, 0) is 84.8 Å². The van der Waals surface area contributed by atoms with Gasteiger partial charge in [0.15, 0.2) is 5.75 Å². The molecule has 3 aromatic heterocycles. The number of methoxy groups -OCH3 is 2. The van der Waals surface area contributed by atoms with Crippen LogP contribution in [0.4, 0.5) is 30.6 Å². The van der Waals surface area contributed by atoms with Crippen LogP contribution in [0.1, 0.15) is 46.7 Å². The summed E-state index contributed by atoms with van der Waals surface area (Å²) in [6.07, 6.45) is 0.327. The molecule has 0 radical (unpaired) electrons. The van der Waals surface area contributed by atoms with Crippen LogP contribution in [0, 0.1) is 12.8 Å². The molecule has 0 spiro atoms. The summed E-state index contributed by atoms with van der Waals surface area (Å²) in [7, 11) is 3.18. The predicted molar refractivity (Wildman–Crippen MR) is 210 cm³/mol. The lowest BCUT2D eigenvalue weighted by Crippen LogP contribution is -2.34. The molecule has 0 bridgehead atoms. The third-order valence-electron chi connectivity index (χ3n) is 10.4. The standard InChI is InChI=1S/C42H39ClF3N7O3/c1-24-19-33(52(21-25-6-12-28(54-2)13-7-25)22-26-8-14-29(55-3)15-9-26)51-37(35(24)42(44,45)46)31-20-32-34-39(36(31)43)56-18-17-53(41(34)50-23-49-32)38(27-10-11-27)30-5-4-16-48-40(30)47/h4-9,12-16,19-20,23,27,38H,10-11,17-18,21-22H2,1-3H3,(H2,47,48). The molecule has 14 heteroatoms. The van der Waals surface area contributed by atoms with Crippen molar-refractivity contribution in [2.45, 2.75) is 45.1 Å². The molecule has 0 saturated heterocycles. The largest absolute Gasteiger partial charge is 0.497 e. The Kier molecular flexibility index (Phi) is 9.96. The van der Waals surface area contributed by atoms with E-state index in [0.29, 0.717) is 65.4 Å². The second kappa shape index (κ2) is 15.0. The van der Waals surface area contributed by atoms with E-state index >= 15 is 13.2 Å². The topological polar surface area (TPSA) is 112 Å². The summed E-state index contributed by atoms with van der Waals surface area (Å²) in [6.45, 7) is 2.73. The molecule has 1 fully saturated rings. The molecule has 1 unspecified atom stereocenters. The van der Waals surface area contributed by atoms with E-state index in [2.05, 4.69) is 14.9 Å². The maximum Gasteiger partial charge on any atom is 0.418 e. The summed E-state index contributed by atoms with van der Waals surface area (Å²) >= 11 is 7.19. The molecule has 288 valence electrons.